The number of nitrogens with one attached hydrogen (secondary N) is 3. The summed E-state index contributed by atoms with van der Waals surface area (Å²) >= 11 is 0. The van der Waals surface area contributed by atoms with Gasteiger partial charge in [-0.3, -0.25) is 4.99 Å². The highest BCUT2D eigenvalue weighted by atomic mass is 15.1. The monoisotopic (exact) mass is 375 g/mol. The Hall–Kier alpha value is -3.10. The molecule has 5 heteroatoms. The second-order valence-corrected chi connectivity index (χ2v) is 6.39. The minimum atomic E-state index is 0.432. The van der Waals surface area contributed by atoms with Crippen LogP contribution in [0.4, 0.5) is 5.69 Å². The zero-order valence-electron chi connectivity index (χ0n) is 16.8. The van der Waals surface area contributed by atoms with Gasteiger partial charge in [0.2, 0.25) is 0 Å². The third-order valence-electron chi connectivity index (χ3n) is 4.58. The lowest BCUT2D eigenvalue weighted by molar-refractivity contribution is 0.410. The highest BCUT2D eigenvalue weighted by Gasteiger charge is 2.14. The summed E-state index contributed by atoms with van der Waals surface area (Å²) < 4.78 is 0. The number of hydrogen-bond donors (Lipinski definition) is 3. The molecule has 0 aromatic heterocycles. The molecule has 28 heavy (non-hydrogen) atoms. The Labute approximate surface area is 168 Å². The molecule has 3 N–H and O–H groups in total. The first-order valence-electron chi connectivity index (χ1n) is 9.47. The number of amidine groups is 1. The molecule has 1 aromatic rings. The first kappa shape index (κ1) is 21.2. The highest BCUT2D eigenvalue weighted by Crippen LogP contribution is 2.21. The zero-order chi connectivity index (χ0) is 20.4. The van der Waals surface area contributed by atoms with Crippen LogP contribution in [0, 0.1) is 12.3 Å². The van der Waals surface area contributed by atoms with Gasteiger partial charge in [-0.15, -0.1) is 6.42 Å². The predicted octanol–water partition coefficient (Wildman–Crippen LogP) is 3.58. The molecule has 1 heterocycles. The Balaban J connectivity index is 2.31. The van der Waals surface area contributed by atoms with E-state index < -0.39 is 0 Å². The summed E-state index contributed by atoms with van der Waals surface area (Å²) in [6, 6.07) is 6.39. The Bertz CT molecular complexity index is 833. The summed E-state index contributed by atoms with van der Waals surface area (Å²) in [4.78, 5) is 8.86. The quantitative estimate of drug-likeness (QED) is 0.388. The summed E-state index contributed by atoms with van der Waals surface area (Å²) in [6.07, 6.45) is 13.2. The van der Waals surface area contributed by atoms with Gasteiger partial charge in [0.15, 0.2) is 5.84 Å². The van der Waals surface area contributed by atoms with E-state index in [1.54, 1.807) is 19.2 Å². The normalized spacial score (nSPS) is 16.2. The molecule has 1 saturated heterocycles. The second kappa shape index (κ2) is 10.9. The van der Waals surface area contributed by atoms with E-state index >= 15 is 0 Å². The maximum Gasteiger partial charge on any atom is 0.177 e. The smallest absolute Gasteiger partial charge is 0.177 e. The van der Waals surface area contributed by atoms with Gasteiger partial charge in [0.05, 0.1) is 5.71 Å². The van der Waals surface area contributed by atoms with Crippen molar-refractivity contribution < 1.29 is 0 Å². The lowest BCUT2D eigenvalue weighted by Crippen LogP contribution is -2.39. The van der Waals surface area contributed by atoms with Crippen molar-refractivity contribution in [3.8, 4) is 12.3 Å². The number of terminal acetylenes is 1. The van der Waals surface area contributed by atoms with Crippen molar-refractivity contribution in [1.29, 1.82) is 0 Å². The molecule has 0 amide bonds. The first-order chi connectivity index (χ1) is 13.6. The number of hydrogen-bond acceptors (Lipinski definition) is 4. The van der Waals surface area contributed by atoms with Gasteiger partial charge in [-0.05, 0) is 62.6 Å². The number of aliphatic imine (C=N–C) groups is 2. The van der Waals surface area contributed by atoms with Crippen LogP contribution in [0.15, 0.2) is 59.3 Å². The predicted molar refractivity (Wildman–Crippen MR) is 122 cm³/mol. The topological polar surface area (TPSA) is 60.8 Å². The molecule has 0 aliphatic carbocycles. The minimum absolute atomic E-state index is 0.432. The van der Waals surface area contributed by atoms with Crippen LogP contribution < -0.4 is 16.0 Å². The highest BCUT2D eigenvalue weighted by molar-refractivity contribution is 6.12. The molecule has 0 saturated carbocycles. The summed E-state index contributed by atoms with van der Waals surface area (Å²) in [5.41, 5.74) is 3.47. The van der Waals surface area contributed by atoms with Crippen molar-refractivity contribution in [1.82, 2.24) is 10.6 Å². The fourth-order valence-corrected chi connectivity index (χ4v) is 3.00. The van der Waals surface area contributed by atoms with Crippen molar-refractivity contribution in [2.75, 3.05) is 25.5 Å². The van der Waals surface area contributed by atoms with Gasteiger partial charge in [0, 0.05) is 24.3 Å². The number of benzene rings is 1. The Morgan fingerprint density at radius 1 is 1.32 bits per heavy atom. The molecule has 0 radical (unpaired) electrons. The average molecular weight is 376 g/mol. The van der Waals surface area contributed by atoms with Crippen LogP contribution >= 0.6 is 0 Å². The van der Waals surface area contributed by atoms with Gasteiger partial charge >= 0.3 is 0 Å². The van der Waals surface area contributed by atoms with E-state index in [0.29, 0.717) is 11.9 Å². The standard InChI is InChI=1S/C23H29N5/c1-6-17-10-11-18(16-21(17)28-22(8-3)24-5)20(7-2)27-23(9-4)26-19-12-14-25-15-13-19/h3,6-7,9-11,16,19,25-26H,1-2,12-15H2,4-5H3,(H,24,28)/b23-9-,27-20+. The maximum absolute atomic E-state index is 5.49. The van der Waals surface area contributed by atoms with E-state index in [9.17, 15) is 0 Å². The van der Waals surface area contributed by atoms with E-state index in [2.05, 4.69) is 40.0 Å². The Morgan fingerprint density at radius 2 is 2.07 bits per heavy atom. The van der Waals surface area contributed by atoms with Gasteiger partial charge in [0.1, 0.15) is 5.82 Å². The van der Waals surface area contributed by atoms with Gasteiger partial charge in [-0.1, -0.05) is 31.4 Å². The number of piperidine rings is 1. The van der Waals surface area contributed by atoms with Crippen LogP contribution in [0.1, 0.15) is 30.9 Å². The van der Waals surface area contributed by atoms with E-state index in [-0.39, 0.29) is 0 Å². The third kappa shape index (κ3) is 5.70. The first-order valence-corrected chi connectivity index (χ1v) is 9.47. The van der Waals surface area contributed by atoms with Crippen LogP contribution in [0.3, 0.4) is 0 Å². The van der Waals surface area contributed by atoms with Crippen molar-refractivity contribution in [2.24, 2.45) is 9.98 Å². The van der Waals surface area contributed by atoms with Gasteiger partial charge < -0.3 is 16.0 Å². The van der Waals surface area contributed by atoms with Gasteiger partial charge in [-0.2, -0.15) is 0 Å². The molecule has 0 atom stereocenters. The lowest BCUT2D eigenvalue weighted by atomic mass is 10.0. The molecule has 1 aliphatic heterocycles. The van der Waals surface area contributed by atoms with Crippen LogP contribution in [-0.2, 0) is 0 Å². The number of rotatable bonds is 7. The summed E-state index contributed by atoms with van der Waals surface area (Å²) in [6.45, 7) is 11.9. The van der Waals surface area contributed by atoms with Crippen molar-refractivity contribution >= 4 is 23.3 Å². The lowest BCUT2D eigenvalue weighted by Gasteiger charge is -2.24. The van der Waals surface area contributed by atoms with Crippen LogP contribution in [0.5, 0.6) is 0 Å². The van der Waals surface area contributed by atoms with E-state index in [4.69, 9.17) is 11.4 Å². The molecule has 0 spiro atoms. The van der Waals surface area contributed by atoms with E-state index in [0.717, 1.165) is 54.3 Å². The third-order valence-corrected chi connectivity index (χ3v) is 4.58. The molecule has 1 aliphatic rings. The molecule has 1 fully saturated rings. The molecule has 0 bridgehead atoms. The zero-order valence-corrected chi connectivity index (χ0v) is 16.8. The number of allylic oxidation sites excluding steroid dienone is 2. The van der Waals surface area contributed by atoms with Gasteiger partial charge in [0.25, 0.3) is 0 Å². The molecule has 1 aromatic carbocycles. The molecule has 5 nitrogen and oxygen atoms in total. The van der Waals surface area contributed by atoms with Crippen LogP contribution in [0.2, 0.25) is 0 Å². The van der Waals surface area contributed by atoms with Crippen LogP contribution in [0.25, 0.3) is 6.08 Å². The van der Waals surface area contributed by atoms with Crippen molar-refractivity contribution in [3.05, 3.63) is 60.5 Å². The SMILES string of the molecule is C#CC(=NC)Nc1cc(/C(C=C)=N/C(=C\C)NC2CCNCC2)ccc1C=C. The molecule has 0 unspecified atom stereocenters. The summed E-state index contributed by atoms with van der Waals surface area (Å²) in [5.74, 6) is 3.84. The maximum atomic E-state index is 5.49. The molecular formula is C23H29N5. The number of anilines is 1. The van der Waals surface area contributed by atoms with Crippen molar-refractivity contribution in [3.63, 3.8) is 0 Å². The number of nitrogens with zero attached hydrogens (tertiary/aromatic N) is 2. The summed E-state index contributed by atoms with van der Waals surface area (Å²) in [7, 11) is 1.65. The van der Waals surface area contributed by atoms with Crippen LogP contribution in [-0.4, -0.2) is 37.7 Å². The largest absolute Gasteiger partial charge is 0.367 e. The second-order valence-electron chi connectivity index (χ2n) is 6.39. The van der Waals surface area contributed by atoms with Gasteiger partial charge in [-0.25, -0.2) is 4.99 Å². The van der Waals surface area contributed by atoms with E-state index in [1.807, 2.05) is 31.2 Å². The molecular weight excluding hydrogens is 346 g/mol. The van der Waals surface area contributed by atoms with Crippen molar-refractivity contribution in [2.45, 2.75) is 25.8 Å². The minimum Gasteiger partial charge on any atom is -0.367 e. The Morgan fingerprint density at radius 3 is 2.64 bits per heavy atom. The summed E-state index contributed by atoms with van der Waals surface area (Å²) in [5, 5.41) is 10.1. The molecule has 2 rings (SSSR count). The fourth-order valence-electron chi connectivity index (χ4n) is 3.00. The average Bonchev–Trinajstić information content (AvgIpc) is 2.75. The molecule has 146 valence electrons. The van der Waals surface area contributed by atoms with E-state index in [1.165, 1.54) is 0 Å². The fraction of sp³-hybridized carbons (Fsp3) is 0.304. The Kier molecular flexibility index (Phi) is 8.26.